The van der Waals surface area contributed by atoms with E-state index >= 15 is 0 Å². The number of thioether (sulfide) groups is 1. The lowest BCUT2D eigenvalue weighted by molar-refractivity contribution is 0.320. The maximum Gasteiger partial charge on any atom is 0.178 e. The Morgan fingerprint density at radius 2 is 2.29 bits per heavy atom. The summed E-state index contributed by atoms with van der Waals surface area (Å²) in [5, 5.41) is 0.663. The smallest absolute Gasteiger partial charge is 0.178 e. The van der Waals surface area contributed by atoms with Gasteiger partial charge in [-0.05, 0) is 49.9 Å². The van der Waals surface area contributed by atoms with Crippen LogP contribution >= 0.6 is 24.0 Å². The molecule has 2 aromatic rings. The van der Waals surface area contributed by atoms with Crippen LogP contribution in [0.3, 0.4) is 0 Å². The highest BCUT2D eigenvalue weighted by molar-refractivity contribution is 7.99. The molecule has 3 rings (SSSR count). The first-order valence-electron chi connectivity index (χ1n) is 7.65. The number of ether oxygens (including phenoxy) is 1. The van der Waals surface area contributed by atoms with Crippen molar-refractivity contribution in [1.82, 2.24) is 9.55 Å². The second-order valence-electron chi connectivity index (χ2n) is 5.57. The lowest BCUT2D eigenvalue weighted by atomic mass is 10.2. The van der Waals surface area contributed by atoms with E-state index in [1.165, 1.54) is 24.8 Å². The molecule has 1 aliphatic rings. The zero-order valence-electron chi connectivity index (χ0n) is 12.6. The SMILES string of the molecule is CCCOc1cccc2c1[nH]c(=S)n2C1CCCC1SC. The van der Waals surface area contributed by atoms with E-state index < -0.39 is 0 Å². The van der Waals surface area contributed by atoms with Gasteiger partial charge in [0.15, 0.2) is 4.77 Å². The number of fused-ring (bicyclic) bond motifs is 1. The third-order valence-electron chi connectivity index (χ3n) is 4.23. The molecule has 0 aliphatic heterocycles. The molecular formula is C16H22N2OS2. The van der Waals surface area contributed by atoms with Crippen molar-refractivity contribution in [3.8, 4) is 5.75 Å². The zero-order valence-corrected chi connectivity index (χ0v) is 14.2. The quantitative estimate of drug-likeness (QED) is 0.790. The molecule has 1 aliphatic carbocycles. The molecule has 3 nitrogen and oxygen atoms in total. The standard InChI is InChI=1S/C16H22N2OS2/c1-3-10-19-13-8-4-7-12-15(13)17-16(20)18(12)11-6-5-9-14(11)21-2/h4,7-8,11,14H,3,5-6,9-10H2,1-2H3,(H,17,20). The molecule has 1 N–H and O–H groups in total. The van der Waals surface area contributed by atoms with Gasteiger partial charge in [0.1, 0.15) is 11.3 Å². The summed E-state index contributed by atoms with van der Waals surface area (Å²) in [5.74, 6) is 0.915. The third kappa shape index (κ3) is 2.73. The van der Waals surface area contributed by atoms with E-state index in [4.69, 9.17) is 17.0 Å². The van der Waals surface area contributed by atoms with Crippen LogP contribution < -0.4 is 4.74 Å². The molecule has 1 heterocycles. The van der Waals surface area contributed by atoms with Gasteiger partial charge in [-0.1, -0.05) is 19.4 Å². The molecule has 1 aromatic carbocycles. The molecule has 2 atom stereocenters. The van der Waals surface area contributed by atoms with Crippen molar-refractivity contribution >= 4 is 35.0 Å². The van der Waals surface area contributed by atoms with Gasteiger partial charge >= 0.3 is 0 Å². The summed E-state index contributed by atoms with van der Waals surface area (Å²) in [6.45, 7) is 2.86. The molecule has 0 saturated heterocycles. The molecule has 1 aromatic heterocycles. The van der Waals surface area contributed by atoms with E-state index in [2.05, 4.69) is 34.9 Å². The maximum atomic E-state index is 5.86. The van der Waals surface area contributed by atoms with Crippen LogP contribution in [0.15, 0.2) is 18.2 Å². The average Bonchev–Trinajstić information content (AvgIpc) is 3.07. The number of para-hydroxylation sites is 1. The molecule has 21 heavy (non-hydrogen) atoms. The van der Waals surface area contributed by atoms with Crippen LogP contribution in [0.25, 0.3) is 11.0 Å². The molecule has 1 fully saturated rings. The van der Waals surface area contributed by atoms with Gasteiger partial charge in [0.25, 0.3) is 0 Å². The fraction of sp³-hybridized carbons (Fsp3) is 0.562. The molecule has 0 amide bonds. The van der Waals surface area contributed by atoms with Gasteiger partial charge in [-0.25, -0.2) is 0 Å². The van der Waals surface area contributed by atoms with Crippen molar-refractivity contribution in [2.24, 2.45) is 0 Å². The Bertz CT molecular complexity index is 676. The van der Waals surface area contributed by atoms with E-state index in [-0.39, 0.29) is 0 Å². The van der Waals surface area contributed by atoms with Crippen LogP contribution in [0, 0.1) is 4.77 Å². The van der Waals surface area contributed by atoms with Crippen molar-refractivity contribution in [3.63, 3.8) is 0 Å². The molecule has 0 bridgehead atoms. The first-order valence-corrected chi connectivity index (χ1v) is 9.34. The molecule has 0 radical (unpaired) electrons. The van der Waals surface area contributed by atoms with E-state index in [0.717, 1.165) is 29.1 Å². The Balaban J connectivity index is 2.07. The number of hydrogen-bond acceptors (Lipinski definition) is 3. The first kappa shape index (κ1) is 15.0. The van der Waals surface area contributed by atoms with E-state index in [1.54, 1.807) is 0 Å². The van der Waals surface area contributed by atoms with Crippen LogP contribution in [0.2, 0.25) is 0 Å². The third-order valence-corrected chi connectivity index (χ3v) is 5.68. The number of aromatic nitrogens is 2. The molecule has 2 unspecified atom stereocenters. The number of aromatic amines is 1. The number of benzene rings is 1. The fourth-order valence-corrected chi connectivity index (χ4v) is 4.57. The Hall–Kier alpha value is -0.940. The maximum absolute atomic E-state index is 5.86. The zero-order chi connectivity index (χ0) is 14.8. The molecule has 114 valence electrons. The van der Waals surface area contributed by atoms with Gasteiger partial charge in [-0.2, -0.15) is 11.8 Å². The van der Waals surface area contributed by atoms with Crippen LogP contribution in [0.1, 0.15) is 38.6 Å². The minimum absolute atomic E-state index is 0.502. The number of imidazole rings is 1. The topological polar surface area (TPSA) is 29.9 Å². The Morgan fingerprint density at radius 1 is 1.43 bits per heavy atom. The highest BCUT2D eigenvalue weighted by Gasteiger charge is 2.29. The van der Waals surface area contributed by atoms with Gasteiger partial charge in [0.05, 0.1) is 12.1 Å². The van der Waals surface area contributed by atoms with E-state index in [1.807, 2.05) is 17.8 Å². The summed E-state index contributed by atoms with van der Waals surface area (Å²) in [5.41, 5.74) is 2.22. The summed E-state index contributed by atoms with van der Waals surface area (Å²) < 4.78 is 9.00. The Kier molecular flexibility index (Phi) is 4.60. The van der Waals surface area contributed by atoms with Gasteiger partial charge in [0, 0.05) is 11.3 Å². The van der Waals surface area contributed by atoms with Crippen LogP contribution in [-0.4, -0.2) is 27.7 Å². The number of hydrogen-bond donors (Lipinski definition) is 1. The Labute approximate surface area is 135 Å². The largest absolute Gasteiger partial charge is 0.491 e. The highest BCUT2D eigenvalue weighted by atomic mass is 32.2. The number of nitrogens with zero attached hydrogens (tertiary/aromatic N) is 1. The second kappa shape index (κ2) is 6.44. The lowest BCUT2D eigenvalue weighted by Crippen LogP contribution is -2.15. The van der Waals surface area contributed by atoms with E-state index in [0.29, 0.717) is 11.3 Å². The van der Waals surface area contributed by atoms with Gasteiger partial charge in [-0.3, -0.25) is 0 Å². The van der Waals surface area contributed by atoms with Crippen molar-refractivity contribution in [3.05, 3.63) is 23.0 Å². The summed E-state index contributed by atoms with van der Waals surface area (Å²) >= 11 is 7.57. The van der Waals surface area contributed by atoms with E-state index in [9.17, 15) is 0 Å². The van der Waals surface area contributed by atoms with Gasteiger partial charge < -0.3 is 14.3 Å². The van der Waals surface area contributed by atoms with Crippen molar-refractivity contribution in [1.29, 1.82) is 0 Å². The van der Waals surface area contributed by atoms with Crippen molar-refractivity contribution < 1.29 is 4.74 Å². The fourth-order valence-electron chi connectivity index (χ4n) is 3.26. The molecule has 0 spiro atoms. The normalized spacial score (nSPS) is 22.0. The summed E-state index contributed by atoms with van der Waals surface area (Å²) in [7, 11) is 0. The number of H-pyrrole nitrogens is 1. The first-order chi connectivity index (χ1) is 10.3. The minimum atomic E-state index is 0.502. The minimum Gasteiger partial charge on any atom is -0.491 e. The second-order valence-corrected chi connectivity index (χ2v) is 7.03. The monoisotopic (exact) mass is 322 g/mol. The van der Waals surface area contributed by atoms with Crippen LogP contribution in [-0.2, 0) is 0 Å². The number of nitrogens with one attached hydrogen (secondary N) is 1. The highest BCUT2D eigenvalue weighted by Crippen LogP contribution is 2.40. The molecular weight excluding hydrogens is 300 g/mol. The van der Waals surface area contributed by atoms with Crippen LogP contribution in [0.4, 0.5) is 0 Å². The van der Waals surface area contributed by atoms with Gasteiger partial charge in [0.2, 0.25) is 0 Å². The van der Waals surface area contributed by atoms with Crippen LogP contribution in [0.5, 0.6) is 5.75 Å². The van der Waals surface area contributed by atoms with Crippen molar-refractivity contribution in [2.75, 3.05) is 12.9 Å². The Morgan fingerprint density at radius 3 is 3.05 bits per heavy atom. The number of rotatable bonds is 5. The molecule has 1 saturated carbocycles. The summed E-state index contributed by atoms with van der Waals surface area (Å²) in [4.78, 5) is 3.37. The van der Waals surface area contributed by atoms with Gasteiger partial charge in [-0.15, -0.1) is 0 Å². The predicted molar refractivity (Wildman–Crippen MR) is 93.1 cm³/mol. The van der Waals surface area contributed by atoms with Crippen molar-refractivity contribution in [2.45, 2.75) is 43.9 Å². The summed E-state index contributed by atoms with van der Waals surface area (Å²) in [6.07, 6.45) is 7.00. The summed E-state index contributed by atoms with van der Waals surface area (Å²) in [6, 6.07) is 6.74. The predicted octanol–water partition coefficient (Wildman–Crippen LogP) is 4.94. The lowest BCUT2D eigenvalue weighted by Gasteiger charge is -2.20. The average molecular weight is 322 g/mol. The molecule has 5 heteroatoms.